The fourth-order valence-corrected chi connectivity index (χ4v) is 2.19. The highest BCUT2D eigenvalue weighted by Crippen LogP contribution is 2.17. The van der Waals surface area contributed by atoms with Crippen LogP contribution in [0.15, 0.2) is 18.5 Å². The van der Waals surface area contributed by atoms with E-state index in [1.54, 1.807) is 19.0 Å². The minimum atomic E-state index is 0.200. The van der Waals surface area contributed by atoms with Crippen LogP contribution in [0.25, 0.3) is 0 Å². The Balaban J connectivity index is 2.44. The van der Waals surface area contributed by atoms with Crippen LogP contribution in [0.5, 0.6) is 0 Å². The molecule has 0 spiro atoms. The van der Waals surface area contributed by atoms with E-state index in [-0.39, 0.29) is 5.91 Å². The molecule has 1 aromatic heterocycles. The van der Waals surface area contributed by atoms with Gasteiger partial charge < -0.3 is 14.8 Å². The fourth-order valence-electron chi connectivity index (χ4n) is 2.19. The zero-order chi connectivity index (χ0) is 14.3. The molecule has 0 saturated carbocycles. The summed E-state index contributed by atoms with van der Waals surface area (Å²) in [6.07, 6.45) is 6.90. The minimum absolute atomic E-state index is 0.200. The first kappa shape index (κ1) is 15.8. The van der Waals surface area contributed by atoms with Gasteiger partial charge in [0, 0.05) is 45.5 Å². The highest BCUT2D eigenvalue weighted by molar-refractivity contribution is 5.75. The van der Waals surface area contributed by atoms with Crippen molar-refractivity contribution < 1.29 is 4.79 Å². The zero-order valence-corrected chi connectivity index (χ0v) is 12.6. The SMILES string of the molecule is CCNC(CC)c1ccn(CCCC(=O)N(C)C)c1. The first-order valence-electron chi connectivity index (χ1n) is 7.17. The van der Waals surface area contributed by atoms with Gasteiger partial charge in [0.15, 0.2) is 0 Å². The Kier molecular flexibility index (Phi) is 6.64. The molecule has 4 heteroatoms. The van der Waals surface area contributed by atoms with Crippen LogP contribution in [0.1, 0.15) is 44.7 Å². The Morgan fingerprint density at radius 2 is 2.16 bits per heavy atom. The van der Waals surface area contributed by atoms with Crippen LogP contribution in [0.3, 0.4) is 0 Å². The smallest absolute Gasteiger partial charge is 0.222 e. The molecule has 0 bridgehead atoms. The molecular weight excluding hydrogens is 238 g/mol. The van der Waals surface area contributed by atoms with Gasteiger partial charge in [-0.15, -0.1) is 0 Å². The van der Waals surface area contributed by atoms with Gasteiger partial charge in [-0.25, -0.2) is 0 Å². The first-order chi connectivity index (χ1) is 9.08. The molecule has 1 atom stereocenters. The van der Waals surface area contributed by atoms with E-state index in [1.165, 1.54) is 5.56 Å². The van der Waals surface area contributed by atoms with Crippen LogP contribution in [0.4, 0.5) is 0 Å². The standard InChI is InChI=1S/C15H27N3O/c1-5-14(16-6-2)13-9-11-18(12-13)10-7-8-15(19)17(3)4/h9,11-12,14,16H,5-8,10H2,1-4H3. The number of rotatable bonds is 8. The lowest BCUT2D eigenvalue weighted by Gasteiger charge is -2.14. The second-order valence-corrected chi connectivity index (χ2v) is 5.09. The lowest BCUT2D eigenvalue weighted by Crippen LogP contribution is -2.21. The van der Waals surface area contributed by atoms with E-state index in [0.29, 0.717) is 12.5 Å². The molecule has 0 aliphatic rings. The van der Waals surface area contributed by atoms with Crippen LogP contribution in [0.2, 0.25) is 0 Å². The van der Waals surface area contributed by atoms with Gasteiger partial charge in [0.1, 0.15) is 0 Å². The number of aryl methyl sites for hydroxylation is 1. The molecule has 0 aliphatic carbocycles. The van der Waals surface area contributed by atoms with E-state index < -0.39 is 0 Å². The molecule has 19 heavy (non-hydrogen) atoms. The van der Waals surface area contributed by atoms with Crippen molar-refractivity contribution in [2.24, 2.45) is 0 Å². The Labute approximate surface area is 116 Å². The van der Waals surface area contributed by atoms with Gasteiger partial charge in [0.2, 0.25) is 5.91 Å². The molecule has 1 N–H and O–H groups in total. The van der Waals surface area contributed by atoms with Gasteiger partial charge in [-0.1, -0.05) is 13.8 Å². The minimum Gasteiger partial charge on any atom is -0.354 e. The third kappa shape index (κ3) is 5.07. The summed E-state index contributed by atoms with van der Waals surface area (Å²) < 4.78 is 2.18. The molecule has 0 saturated heterocycles. The first-order valence-corrected chi connectivity index (χ1v) is 7.17. The molecule has 1 unspecified atom stereocenters. The number of hydrogen-bond donors (Lipinski definition) is 1. The maximum absolute atomic E-state index is 11.5. The Hall–Kier alpha value is -1.29. The summed E-state index contributed by atoms with van der Waals surface area (Å²) in [5, 5.41) is 3.48. The number of aromatic nitrogens is 1. The monoisotopic (exact) mass is 265 g/mol. The molecular formula is C15H27N3O. The maximum Gasteiger partial charge on any atom is 0.222 e. The van der Waals surface area contributed by atoms with Crippen LogP contribution in [0, 0.1) is 0 Å². The number of nitrogens with one attached hydrogen (secondary N) is 1. The van der Waals surface area contributed by atoms with Crippen molar-refractivity contribution in [3.05, 3.63) is 24.0 Å². The summed E-state index contributed by atoms with van der Waals surface area (Å²) in [5.74, 6) is 0.200. The van der Waals surface area contributed by atoms with Crippen molar-refractivity contribution in [3.8, 4) is 0 Å². The topological polar surface area (TPSA) is 37.3 Å². The van der Waals surface area contributed by atoms with Crippen molar-refractivity contribution in [2.45, 2.75) is 45.7 Å². The van der Waals surface area contributed by atoms with E-state index in [9.17, 15) is 4.79 Å². The van der Waals surface area contributed by atoms with Crippen molar-refractivity contribution in [1.29, 1.82) is 0 Å². The third-order valence-electron chi connectivity index (χ3n) is 3.34. The number of hydrogen-bond acceptors (Lipinski definition) is 2. The van der Waals surface area contributed by atoms with E-state index >= 15 is 0 Å². The molecule has 1 heterocycles. The molecule has 0 fully saturated rings. The van der Waals surface area contributed by atoms with Gasteiger partial charge >= 0.3 is 0 Å². The lowest BCUT2D eigenvalue weighted by molar-refractivity contribution is -0.128. The van der Waals surface area contributed by atoms with Gasteiger partial charge in [-0.3, -0.25) is 4.79 Å². The predicted octanol–water partition coefficient (Wildman–Crippen LogP) is 2.42. The Morgan fingerprint density at radius 3 is 2.74 bits per heavy atom. The lowest BCUT2D eigenvalue weighted by atomic mass is 10.1. The largest absolute Gasteiger partial charge is 0.354 e. The van der Waals surface area contributed by atoms with E-state index in [2.05, 4.69) is 42.2 Å². The van der Waals surface area contributed by atoms with E-state index in [1.807, 2.05) is 0 Å². The predicted molar refractivity (Wildman–Crippen MR) is 79.1 cm³/mol. The second-order valence-electron chi connectivity index (χ2n) is 5.09. The van der Waals surface area contributed by atoms with Crippen molar-refractivity contribution in [2.75, 3.05) is 20.6 Å². The Morgan fingerprint density at radius 1 is 1.42 bits per heavy atom. The van der Waals surface area contributed by atoms with Crippen molar-refractivity contribution >= 4 is 5.91 Å². The molecule has 1 rings (SSSR count). The summed E-state index contributed by atoms with van der Waals surface area (Å²) in [6.45, 7) is 6.22. The average Bonchev–Trinajstić information content (AvgIpc) is 2.84. The average molecular weight is 265 g/mol. The maximum atomic E-state index is 11.5. The molecule has 1 amide bonds. The molecule has 1 aromatic rings. The highest BCUT2D eigenvalue weighted by atomic mass is 16.2. The summed E-state index contributed by atoms with van der Waals surface area (Å²) in [6, 6.07) is 2.61. The van der Waals surface area contributed by atoms with Crippen LogP contribution in [-0.4, -0.2) is 36.0 Å². The number of amides is 1. The highest BCUT2D eigenvalue weighted by Gasteiger charge is 2.09. The Bertz CT molecular complexity index is 384. The summed E-state index contributed by atoms with van der Waals surface area (Å²) in [7, 11) is 3.61. The summed E-state index contributed by atoms with van der Waals surface area (Å²) in [4.78, 5) is 13.1. The van der Waals surface area contributed by atoms with Gasteiger partial charge in [0.25, 0.3) is 0 Å². The molecule has 0 aromatic carbocycles. The zero-order valence-electron chi connectivity index (χ0n) is 12.6. The summed E-state index contributed by atoms with van der Waals surface area (Å²) in [5.41, 5.74) is 1.34. The van der Waals surface area contributed by atoms with Crippen LogP contribution in [-0.2, 0) is 11.3 Å². The fraction of sp³-hybridized carbons (Fsp3) is 0.667. The van der Waals surface area contributed by atoms with Crippen LogP contribution < -0.4 is 5.32 Å². The van der Waals surface area contributed by atoms with E-state index in [0.717, 1.165) is 25.9 Å². The quantitative estimate of drug-likeness (QED) is 0.784. The molecule has 0 radical (unpaired) electrons. The van der Waals surface area contributed by atoms with Gasteiger partial charge in [-0.05, 0) is 31.0 Å². The number of nitrogens with zero attached hydrogens (tertiary/aromatic N) is 2. The molecule has 108 valence electrons. The molecule has 4 nitrogen and oxygen atoms in total. The van der Waals surface area contributed by atoms with Gasteiger partial charge in [-0.2, -0.15) is 0 Å². The van der Waals surface area contributed by atoms with Gasteiger partial charge in [0.05, 0.1) is 0 Å². The summed E-state index contributed by atoms with van der Waals surface area (Å²) >= 11 is 0. The third-order valence-corrected chi connectivity index (χ3v) is 3.34. The van der Waals surface area contributed by atoms with Crippen molar-refractivity contribution in [1.82, 2.24) is 14.8 Å². The van der Waals surface area contributed by atoms with E-state index in [4.69, 9.17) is 0 Å². The molecule has 0 aliphatic heterocycles. The number of carbonyl (C=O) groups is 1. The number of carbonyl (C=O) groups excluding carboxylic acids is 1. The van der Waals surface area contributed by atoms with Crippen LogP contribution >= 0.6 is 0 Å². The second kappa shape index (κ2) is 8.00. The normalized spacial score (nSPS) is 12.4. The van der Waals surface area contributed by atoms with Crippen molar-refractivity contribution in [3.63, 3.8) is 0 Å².